The lowest BCUT2D eigenvalue weighted by molar-refractivity contribution is -0.137. The monoisotopic (exact) mass is 300 g/mol. The van der Waals surface area contributed by atoms with Crippen molar-refractivity contribution >= 4 is 5.91 Å². The number of amides is 1. The van der Waals surface area contributed by atoms with Gasteiger partial charge in [-0.25, -0.2) is 0 Å². The second-order valence-corrected chi connectivity index (χ2v) is 6.36. The summed E-state index contributed by atoms with van der Waals surface area (Å²) >= 11 is 0. The van der Waals surface area contributed by atoms with Crippen LogP contribution in [0.15, 0.2) is 0 Å². The van der Waals surface area contributed by atoms with Crippen molar-refractivity contribution < 1.29 is 14.6 Å². The molecule has 124 valence electrons. The maximum absolute atomic E-state index is 12.2. The number of aliphatic hydroxyl groups is 1. The van der Waals surface area contributed by atoms with E-state index in [9.17, 15) is 9.90 Å². The van der Waals surface area contributed by atoms with Crippen molar-refractivity contribution in [2.24, 2.45) is 11.7 Å². The number of ether oxygens (including phenoxy) is 1. The van der Waals surface area contributed by atoms with Gasteiger partial charge in [-0.3, -0.25) is 4.79 Å². The Morgan fingerprint density at radius 2 is 2.00 bits per heavy atom. The standard InChI is InChI=1S/C16H32N2O3/c1-3-4-14(7-10-17)5-6-15(19)18(2)13-16(20)8-11-21-12-9-16/h14,20H,3-13,17H2,1-2H3. The minimum absolute atomic E-state index is 0.119. The molecular formula is C16H32N2O3. The molecule has 0 aromatic heterocycles. The van der Waals surface area contributed by atoms with Crippen molar-refractivity contribution in [3.05, 3.63) is 0 Å². The molecule has 1 aliphatic heterocycles. The van der Waals surface area contributed by atoms with E-state index in [2.05, 4.69) is 6.92 Å². The lowest BCUT2D eigenvalue weighted by Gasteiger charge is -2.35. The van der Waals surface area contributed by atoms with E-state index >= 15 is 0 Å². The van der Waals surface area contributed by atoms with Gasteiger partial charge < -0.3 is 20.5 Å². The number of nitrogens with zero attached hydrogens (tertiary/aromatic N) is 1. The van der Waals surface area contributed by atoms with E-state index in [4.69, 9.17) is 10.5 Å². The summed E-state index contributed by atoms with van der Waals surface area (Å²) in [6.45, 7) is 4.41. The predicted octanol–water partition coefficient (Wildman–Crippen LogP) is 1.53. The minimum atomic E-state index is -0.775. The highest BCUT2D eigenvalue weighted by Crippen LogP contribution is 2.22. The summed E-state index contributed by atoms with van der Waals surface area (Å²) in [4.78, 5) is 13.9. The average molecular weight is 300 g/mol. The molecule has 0 aromatic rings. The molecule has 5 heteroatoms. The van der Waals surface area contributed by atoms with Crippen molar-refractivity contribution in [3.63, 3.8) is 0 Å². The van der Waals surface area contributed by atoms with Crippen molar-refractivity contribution in [2.45, 2.75) is 57.5 Å². The summed E-state index contributed by atoms with van der Waals surface area (Å²) in [6.07, 6.45) is 5.92. The van der Waals surface area contributed by atoms with Crippen LogP contribution < -0.4 is 5.73 Å². The van der Waals surface area contributed by atoms with Gasteiger partial charge >= 0.3 is 0 Å². The summed E-state index contributed by atoms with van der Waals surface area (Å²) in [5.41, 5.74) is 4.85. The van der Waals surface area contributed by atoms with Crippen molar-refractivity contribution in [1.82, 2.24) is 4.90 Å². The Labute approximate surface area is 128 Å². The summed E-state index contributed by atoms with van der Waals surface area (Å²) in [6, 6.07) is 0. The second-order valence-electron chi connectivity index (χ2n) is 6.36. The first-order valence-electron chi connectivity index (χ1n) is 8.25. The molecular weight excluding hydrogens is 268 g/mol. The van der Waals surface area contributed by atoms with E-state index in [1.165, 1.54) is 0 Å². The molecule has 1 saturated heterocycles. The van der Waals surface area contributed by atoms with Gasteiger partial charge in [0.15, 0.2) is 0 Å². The van der Waals surface area contributed by atoms with Crippen LogP contribution in [0.4, 0.5) is 0 Å². The van der Waals surface area contributed by atoms with Crippen LogP contribution in [0.25, 0.3) is 0 Å². The van der Waals surface area contributed by atoms with E-state index < -0.39 is 5.60 Å². The Hall–Kier alpha value is -0.650. The molecule has 1 amide bonds. The van der Waals surface area contributed by atoms with Crippen LogP contribution in [0.1, 0.15) is 51.9 Å². The van der Waals surface area contributed by atoms with Gasteiger partial charge in [-0.05, 0) is 25.3 Å². The van der Waals surface area contributed by atoms with Gasteiger partial charge in [0, 0.05) is 46.1 Å². The highest BCUT2D eigenvalue weighted by atomic mass is 16.5. The van der Waals surface area contributed by atoms with Gasteiger partial charge in [0.25, 0.3) is 0 Å². The van der Waals surface area contributed by atoms with Gasteiger partial charge in [-0.15, -0.1) is 0 Å². The quantitative estimate of drug-likeness (QED) is 0.677. The molecule has 21 heavy (non-hydrogen) atoms. The number of likely N-dealkylation sites (N-methyl/N-ethyl adjacent to an activating group) is 1. The molecule has 0 spiro atoms. The number of hydrogen-bond donors (Lipinski definition) is 2. The number of nitrogens with two attached hydrogens (primary N) is 1. The van der Waals surface area contributed by atoms with Crippen LogP contribution in [-0.2, 0) is 9.53 Å². The second kappa shape index (κ2) is 9.38. The molecule has 3 N–H and O–H groups in total. The van der Waals surface area contributed by atoms with Gasteiger partial charge in [0.1, 0.15) is 0 Å². The van der Waals surface area contributed by atoms with Crippen LogP contribution in [0.5, 0.6) is 0 Å². The Morgan fingerprint density at radius 1 is 1.33 bits per heavy atom. The van der Waals surface area contributed by atoms with Crippen molar-refractivity contribution in [2.75, 3.05) is 33.4 Å². The third-order valence-electron chi connectivity index (χ3n) is 4.42. The molecule has 1 aliphatic rings. The molecule has 5 nitrogen and oxygen atoms in total. The molecule has 1 atom stereocenters. The molecule has 0 radical (unpaired) electrons. The van der Waals surface area contributed by atoms with E-state index in [0.717, 1.165) is 25.7 Å². The van der Waals surface area contributed by atoms with Crippen molar-refractivity contribution in [3.8, 4) is 0 Å². The molecule has 0 bridgehead atoms. The maximum Gasteiger partial charge on any atom is 0.222 e. The van der Waals surface area contributed by atoms with Crippen LogP contribution in [-0.4, -0.2) is 54.9 Å². The summed E-state index contributed by atoms with van der Waals surface area (Å²) < 4.78 is 5.26. The fraction of sp³-hybridized carbons (Fsp3) is 0.938. The molecule has 0 saturated carbocycles. The maximum atomic E-state index is 12.2. The van der Waals surface area contributed by atoms with Crippen LogP contribution in [0.2, 0.25) is 0 Å². The summed E-state index contributed by atoms with van der Waals surface area (Å²) in [7, 11) is 1.79. The molecule has 1 rings (SSSR count). The first-order valence-corrected chi connectivity index (χ1v) is 8.25. The van der Waals surface area contributed by atoms with Crippen molar-refractivity contribution in [1.29, 1.82) is 0 Å². The lowest BCUT2D eigenvalue weighted by Crippen LogP contribution is -2.47. The SMILES string of the molecule is CCCC(CCN)CCC(=O)N(C)CC1(O)CCOCC1. The highest BCUT2D eigenvalue weighted by Gasteiger charge is 2.32. The van der Waals surface area contributed by atoms with E-state index in [-0.39, 0.29) is 5.91 Å². The topological polar surface area (TPSA) is 75.8 Å². The van der Waals surface area contributed by atoms with E-state index in [1.807, 2.05) is 0 Å². The fourth-order valence-corrected chi connectivity index (χ4v) is 3.03. The normalized spacial score (nSPS) is 19.2. The Bertz CT molecular complexity index is 298. The van der Waals surface area contributed by atoms with Crippen LogP contribution in [0.3, 0.4) is 0 Å². The number of carbonyl (C=O) groups is 1. The molecule has 1 unspecified atom stereocenters. The zero-order valence-corrected chi connectivity index (χ0v) is 13.6. The Morgan fingerprint density at radius 3 is 2.57 bits per heavy atom. The zero-order valence-electron chi connectivity index (χ0n) is 13.6. The summed E-state index contributed by atoms with van der Waals surface area (Å²) in [5, 5.41) is 10.4. The van der Waals surface area contributed by atoms with Gasteiger partial charge in [-0.2, -0.15) is 0 Å². The third kappa shape index (κ3) is 6.76. The minimum Gasteiger partial charge on any atom is -0.388 e. The van der Waals surface area contributed by atoms with Gasteiger partial charge in [0.2, 0.25) is 5.91 Å². The predicted molar refractivity (Wildman–Crippen MR) is 83.9 cm³/mol. The van der Waals surface area contributed by atoms with E-state index in [1.54, 1.807) is 11.9 Å². The zero-order chi connectivity index (χ0) is 15.7. The van der Waals surface area contributed by atoms with Crippen LogP contribution >= 0.6 is 0 Å². The first kappa shape index (κ1) is 18.4. The largest absolute Gasteiger partial charge is 0.388 e. The number of rotatable bonds is 9. The average Bonchev–Trinajstić information content (AvgIpc) is 2.45. The van der Waals surface area contributed by atoms with Crippen LogP contribution in [0, 0.1) is 5.92 Å². The van der Waals surface area contributed by atoms with Gasteiger partial charge in [-0.1, -0.05) is 19.8 Å². The fourth-order valence-electron chi connectivity index (χ4n) is 3.03. The lowest BCUT2D eigenvalue weighted by atomic mass is 9.92. The highest BCUT2D eigenvalue weighted by molar-refractivity contribution is 5.75. The summed E-state index contributed by atoms with van der Waals surface area (Å²) in [5.74, 6) is 0.663. The third-order valence-corrected chi connectivity index (χ3v) is 4.42. The Kier molecular flexibility index (Phi) is 8.22. The smallest absolute Gasteiger partial charge is 0.222 e. The van der Waals surface area contributed by atoms with Gasteiger partial charge in [0.05, 0.1) is 5.60 Å². The molecule has 1 fully saturated rings. The Balaban J connectivity index is 2.35. The first-order chi connectivity index (χ1) is 10.0. The molecule has 1 heterocycles. The number of carbonyl (C=O) groups excluding carboxylic acids is 1. The van der Waals surface area contributed by atoms with E-state index in [0.29, 0.717) is 51.5 Å². The molecule has 0 aliphatic carbocycles. The number of hydrogen-bond acceptors (Lipinski definition) is 4. The molecule has 0 aromatic carbocycles.